The molecule has 7 heteroatoms. The zero-order valence-corrected chi connectivity index (χ0v) is 16.0. The van der Waals surface area contributed by atoms with Gasteiger partial charge in [-0.15, -0.1) is 10.2 Å². The van der Waals surface area contributed by atoms with Gasteiger partial charge in [-0.25, -0.2) is 4.79 Å². The van der Waals surface area contributed by atoms with Crippen molar-refractivity contribution in [3.05, 3.63) is 36.7 Å². The van der Waals surface area contributed by atoms with Gasteiger partial charge >= 0.3 is 6.09 Å². The minimum atomic E-state index is -0.451. The van der Waals surface area contributed by atoms with Crippen LogP contribution in [0.2, 0.25) is 0 Å². The maximum absolute atomic E-state index is 12.3. The number of amides is 1. The van der Waals surface area contributed by atoms with Crippen molar-refractivity contribution < 1.29 is 9.53 Å². The van der Waals surface area contributed by atoms with E-state index in [0.29, 0.717) is 11.8 Å². The molecule has 0 radical (unpaired) electrons. The standard InChI is InChI=1S/C20H25N5O2/c1-20(2,3)27-19(26)25-12-15-10-24(11-16(15)13-25)18-5-4-17(22-23-18)14-6-8-21-9-7-14/h4-9,15-16H,10-13H2,1-3H3. The molecule has 2 aliphatic heterocycles. The Morgan fingerprint density at radius 1 is 1.00 bits per heavy atom. The summed E-state index contributed by atoms with van der Waals surface area (Å²) >= 11 is 0. The van der Waals surface area contributed by atoms with Crippen LogP contribution in [0.15, 0.2) is 36.7 Å². The predicted molar refractivity (Wildman–Crippen MR) is 102 cm³/mol. The molecule has 0 aromatic carbocycles. The molecule has 4 heterocycles. The quantitative estimate of drug-likeness (QED) is 0.813. The van der Waals surface area contributed by atoms with E-state index >= 15 is 0 Å². The summed E-state index contributed by atoms with van der Waals surface area (Å²) in [5.41, 5.74) is 1.40. The van der Waals surface area contributed by atoms with Gasteiger partial charge in [-0.05, 0) is 45.0 Å². The van der Waals surface area contributed by atoms with Crippen LogP contribution in [-0.2, 0) is 4.74 Å². The van der Waals surface area contributed by atoms with E-state index in [1.807, 2.05) is 49.9 Å². The third kappa shape index (κ3) is 3.86. The Bertz CT molecular complexity index is 789. The number of anilines is 1. The van der Waals surface area contributed by atoms with Crippen molar-refractivity contribution in [3.63, 3.8) is 0 Å². The van der Waals surface area contributed by atoms with Crippen molar-refractivity contribution in [2.45, 2.75) is 26.4 Å². The molecule has 0 bridgehead atoms. The van der Waals surface area contributed by atoms with Crippen molar-refractivity contribution >= 4 is 11.9 Å². The average molecular weight is 367 g/mol. The van der Waals surface area contributed by atoms with E-state index in [1.165, 1.54) is 0 Å². The van der Waals surface area contributed by atoms with Crippen LogP contribution < -0.4 is 4.90 Å². The van der Waals surface area contributed by atoms with E-state index in [2.05, 4.69) is 20.1 Å². The Hall–Kier alpha value is -2.70. The second-order valence-electron chi connectivity index (χ2n) is 8.32. The molecule has 142 valence electrons. The number of ether oxygens (including phenoxy) is 1. The summed E-state index contributed by atoms with van der Waals surface area (Å²) < 4.78 is 5.50. The minimum absolute atomic E-state index is 0.204. The number of nitrogens with zero attached hydrogens (tertiary/aromatic N) is 5. The summed E-state index contributed by atoms with van der Waals surface area (Å²) in [6, 6.07) is 7.87. The Labute approximate surface area is 159 Å². The van der Waals surface area contributed by atoms with Crippen LogP contribution in [0.25, 0.3) is 11.3 Å². The van der Waals surface area contributed by atoms with Crippen LogP contribution in [0.4, 0.5) is 10.6 Å². The van der Waals surface area contributed by atoms with Gasteiger partial charge in [0, 0.05) is 56.0 Å². The molecular formula is C20H25N5O2. The predicted octanol–water partition coefficient (Wildman–Crippen LogP) is 2.84. The van der Waals surface area contributed by atoms with Gasteiger partial charge in [0.2, 0.25) is 0 Å². The first-order valence-electron chi connectivity index (χ1n) is 9.36. The lowest BCUT2D eigenvalue weighted by molar-refractivity contribution is 0.0282. The molecule has 2 aliphatic rings. The van der Waals surface area contributed by atoms with Gasteiger partial charge in [0.15, 0.2) is 5.82 Å². The van der Waals surface area contributed by atoms with Crippen LogP contribution >= 0.6 is 0 Å². The number of carbonyl (C=O) groups is 1. The monoisotopic (exact) mass is 367 g/mol. The fourth-order valence-corrected chi connectivity index (χ4v) is 3.83. The van der Waals surface area contributed by atoms with Crippen LogP contribution in [0.3, 0.4) is 0 Å². The van der Waals surface area contributed by atoms with E-state index < -0.39 is 5.60 Å². The summed E-state index contributed by atoms with van der Waals surface area (Å²) in [6.07, 6.45) is 3.30. The maximum atomic E-state index is 12.3. The molecule has 2 aromatic heterocycles. The zero-order chi connectivity index (χ0) is 19.0. The number of likely N-dealkylation sites (tertiary alicyclic amines) is 1. The first-order chi connectivity index (χ1) is 12.9. The molecular weight excluding hydrogens is 342 g/mol. The SMILES string of the molecule is CC(C)(C)OC(=O)N1CC2CN(c3ccc(-c4ccncc4)nn3)CC2C1. The number of hydrogen-bond donors (Lipinski definition) is 0. The zero-order valence-electron chi connectivity index (χ0n) is 16.0. The lowest BCUT2D eigenvalue weighted by Crippen LogP contribution is -2.37. The van der Waals surface area contributed by atoms with Crippen LogP contribution in [0, 0.1) is 11.8 Å². The number of rotatable bonds is 2. The van der Waals surface area contributed by atoms with Crippen LogP contribution in [-0.4, -0.2) is 58.0 Å². The Kier molecular flexibility index (Phi) is 4.45. The van der Waals surface area contributed by atoms with E-state index in [0.717, 1.165) is 43.3 Å². The summed E-state index contributed by atoms with van der Waals surface area (Å²) in [4.78, 5) is 20.4. The van der Waals surface area contributed by atoms with Crippen LogP contribution in [0.5, 0.6) is 0 Å². The van der Waals surface area contributed by atoms with Crippen molar-refractivity contribution in [2.24, 2.45) is 11.8 Å². The average Bonchev–Trinajstić information content (AvgIpc) is 3.20. The van der Waals surface area contributed by atoms with Gasteiger partial charge in [0.1, 0.15) is 5.60 Å². The number of fused-ring (bicyclic) bond motifs is 1. The van der Waals surface area contributed by atoms with Gasteiger partial charge in [-0.2, -0.15) is 0 Å². The van der Waals surface area contributed by atoms with Gasteiger partial charge < -0.3 is 14.5 Å². The lowest BCUT2D eigenvalue weighted by Gasteiger charge is -2.26. The Morgan fingerprint density at radius 2 is 1.67 bits per heavy atom. The highest BCUT2D eigenvalue weighted by atomic mass is 16.6. The first kappa shape index (κ1) is 17.7. The molecule has 0 spiro atoms. The normalized spacial score (nSPS) is 22.0. The molecule has 2 fully saturated rings. The molecule has 1 amide bonds. The Balaban J connectivity index is 1.37. The molecule has 2 atom stereocenters. The molecule has 0 saturated carbocycles. The van der Waals surface area contributed by atoms with E-state index in [9.17, 15) is 4.79 Å². The molecule has 7 nitrogen and oxygen atoms in total. The third-order valence-corrected chi connectivity index (χ3v) is 5.09. The van der Waals surface area contributed by atoms with Gasteiger partial charge in [0.25, 0.3) is 0 Å². The molecule has 0 aliphatic carbocycles. The maximum Gasteiger partial charge on any atom is 0.410 e. The van der Waals surface area contributed by atoms with E-state index in [4.69, 9.17) is 4.74 Å². The molecule has 27 heavy (non-hydrogen) atoms. The summed E-state index contributed by atoms with van der Waals surface area (Å²) in [7, 11) is 0. The smallest absolute Gasteiger partial charge is 0.410 e. The minimum Gasteiger partial charge on any atom is -0.444 e. The van der Waals surface area contributed by atoms with Crippen molar-refractivity contribution in [2.75, 3.05) is 31.1 Å². The van der Waals surface area contributed by atoms with E-state index in [-0.39, 0.29) is 6.09 Å². The molecule has 2 unspecified atom stereocenters. The van der Waals surface area contributed by atoms with Gasteiger partial charge in [-0.1, -0.05) is 0 Å². The largest absolute Gasteiger partial charge is 0.444 e. The van der Waals surface area contributed by atoms with Crippen LogP contribution in [0.1, 0.15) is 20.8 Å². The number of pyridine rings is 1. The van der Waals surface area contributed by atoms with Crippen molar-refractivity contribution in [1.82, 2.24) is 20.1 Å². The van der Waals surface area contributed by atoms with Gasteiger partial charge in [-0.3, -0.25) is 4.98 Å². The third-order valence-electron chi connectivity index (χ3n) is 5.09. The highest BCUT2D eigenvalue weighted by Gasteiger charge is 2.43. The Morgan fingerprint density at radius 3 is 2.22 bits per heavy atom. The molecule has 2 aromatic rings. The highest BCUT2D eigenvalue weighted by Crippen LogP contribution is 2.34. The first-order valence-corrected chi connectivity index (χ1v) is 9.36. The lowest BCUT2D eigenvalue weighted by atomic mass is 10.0. The molecule has 4 rings (SSSR count). The number of carbonyl (C=O) groups excluding carboxylic acids is 1. The number of aromatic nitrogens is 3. The second-order valence-corrected chi connectivity index (χ2v) is 8.32. The van der Waals surface area contributed by atoms with E-state index in [1.54, 1.807) is 12.4 Å². The van der Waals surface area contributed by atoms with Crippen molar-refractivity contribution in [1.29, 1.82) is 0 Å². The summed E-state index contributed by atoms with van der Waals surface area (Å²) in [5.74, 6) is 1.81. The topological polar surface area (TPSA) is 71.5 Å². The summed E-state index contributed by atoms with van der Waals surface area (Å²) in [5, 5.41) is 8.78. The number of hydrogen-bond acceptors (Lipinski definition) is 6. The molecule has 0 N–H and O–H groups in total. The molecule has 2 saturated heterocycles. The fraction of sp³-hybridized carbons (Fsp3) is 0.500. The van der Waals surface area contributed by atoms with Crippen molar-refractivity contribution in [3.8, 4) is 11.3 Å². The summed E-state index contributed by atoms with van der Waals surface area (Å²) in [6.45, 7) is 8.99. The van der Waals surface area contributed by atoms with Gasteiger partial charge in [0.05, 0.1) is 5.69 Å². The highest BCUT2D eigenvalue weighted by molar-refractivity contribution is 5.68. The fourth-order valence-electron chi connectivity index (χ4n) is 3.83. The second kappa shape index (κ2) is 6.79.